The molecule has 0 saturated heterocycles. The second-order valence-electron chi connectivity index (χ2n) is 6.33. The van der Waals surface area contributed by atoms with Gasteiger partial charge in [-0.2, -0.15) is 0 Å². The number of benzene rings is 2. The minimum Gasteiger partial charge on any atom is -0.508 e. The summed E-state index contributed by atoms with van der Waals surface area (Å²) >= 11 is 0. The SMILES string of the molecule is CC(=O)NCCCCCNc1ccc2nc(-c3ccc(O)cc3)[nH]c2c1. The van der Waals surface area contributed by atoms with Gasteiger partial charge < -0.3 is 20.7 Å². The van der Waals surface area contributed by atoms with Gasteiger partial charge in [0.25, 0.3) is 0 Å². The highest BCUT2D eigenvalue weighted by molar-refractivity contribution is 5.82. The van der Waals surface area contributed by atoms with Crippen molar-refractivity contribution in [2.75, 3.05) is 18.4 Å². The van der Waals surface area contributed by atoms with Gasteiger partial charge in [0, 0.05) is 31.3 Å². The van der Waals surface area contributed by atoms with E-state index in [9.17, 15) is 9.90 Å². The van der Waals surface area contributed by atoms with Crippen LogP contribution >= 0.6 is 0 Å². The van der Waals surface area contributed by atoms with Gasteiger partial charge in [0.2, 0.25) is 5.91 Å². The van der Waals surface area contributed by atoms with Crippen LogP contribution in [0.5, 0.6) is 5.75 Å². The molecule has 1 heterocycles. The molecule has 0 unspecified atom stereocenters. The van der Waals surface area contributed by atoms with Crippen molar-refractivity contribution in [3.63, 3.8) is 0 Å². The zero-order valence-corrected chi connectivity index (χ0v) is 14.9. The molecule has 4 N–H and O–H groups in total. The average Bonchev–Trinajstić information content (AvgIpc) is 3.04. The molecule has 3 rings (SSSR count). The van der Waals surface area contributed by atoms with Crippen LogP contribution in [0.3, 0.4) is 0 Å². The molecule has 0 radical (unpaired) electrons. The van der Waals surface area contributed by atoms with Gasteiger partial charge in [-0.15, -0.1) is 0 Å². The van der Waals surface area contributed by atoms with Crippen LogP contribution in [-0.4, -0.2) is 34.1 Å². The number of fused-ring (bicyclic) bond motifs is 1. The average molecular weight is 352 g/mol. The van der Waals surface area contributed by atoms with E-state index in [-0.39, 0.29) is 11.7 Å². The number of aromatic amines is 1. The molecular formula is C20H24N4O2. The third-order valence-electron chi connectivity index (χ3n) is 4.18. The highest BCUT2D eigenvalue weighted by atomic mass is 16.3. The fraction of sp³-hybridized carbons (Fsp3) is 0.300. The number of nitrogens with zero attached hydrogens (tertiary/aromatic N) is 1. The molecule has 0 spiro atoms. The second kappa shape index (κ2) is 8.38. The maximum absolute atomic E-state index is 10.8. The van der Waals surface area contributed by atoms with E-state index in [0.29, 0.717) is 0 Å². The molecular weight excluding hydrogens is 328 g/mol. The number of amides is 1. The number of carbonyl (C=O) groups excluding carboxylic acids is 1. The van der Waals surface area contributed by atoms with Crippen molar-refractivity contribution in [3.05, 3.63) is 42.5 Å². The van der Waals surface area contributed by atoms with Crippen molar-refractivity contribution in [1.82, 2.24) is 15.3 Å². The molecule has 0 fully saturated rings. The number of anilines is 1. The zero-order valence-electron chi connectivity index (χ0n) is 14.9. The van der Waals surface area contributed by atoms with Crippen molar-refractivity contribution in [3.8, 4) is 17.1 Å². The van der Waals surface area contributed by atoms with E-state index in [0.717, 1.165) is 60.5 Å². The number of aromatic nitrogens is 2. The summed E-state index contributed by atoms with van der Waals surface area (Å²) in [4.78, 5) is 18.7. The van der Waals surface area contributed by atoms with Crippen LogP contribution in [0.1, 0.15) is 26.2 Å². The van der Waals surface area contributed by atoms with E-state index in [2.05, 4.69) is 26.7 Å². The Morgan fingerprint density at radius 1 is 1.08 bits per heavy atom. The fourth-order valence-electron chi connectivity index (χ4n) is 2.80. The van der Waals surface area contributed by atoms with E-state index in [4.69, 9.17) is 0 Å². The standard InChI is InChI=1S/C20H24N4O2/c1-14(25)21-11-3-2-4-12-22-16-7-10-18-19(13-16)24-20(23-18)15-5-8-17(26)9-6-15/h5-10,13,22,26H,2-4,11-12H2,1H3,(H,21,25)(H,23,24). The molecule has 26 heavy (non-hydrogen) atoms. The highest BCUT2D eigenvalue weighted by Crippen LogP contribution is 2.24. The predicted octanol–water partition coefficient (Wildman–Crippen LogP) is 3.65. The smallest absolute Gasteiger partial charge is 0.216 e. The summed E-state index contributed by atoms with van der Waals surface area (Å²) in [6.45, 7) is 3.18. The first-order chi connectivity index (χ1) is 12.6. The molecule has 1 aromatic heterocycles. The lowest BCUT2D eigenvalue weighted by Gasteiger charge is -2.06. The summed E-state index contributed by atoms with van der Waals surface area (Å²) in [5, 5.41) is 15.6. The molecule has 0 bridgehead atoms. The number of hydrogen-bond donors (Lipinski definition) is 4. The summed E-state index contributed by atoms with van der Waals surface area (Å²) in [5.41, 5.74) is 3.88. The Morgan fingerprint density at radius 2 is 1.85 bits per heavy atom. The number of hydrogen-bond acceptors (Lipinski definition) is 4. The molecule has 0 aliphatic heterocycles. The monoisotopic (exact) mass is 352 g/mol. The number of unbranched alkanes of at least 4 members (excludes halogenated alkanes) is 2. The van der Waals surface area contributed by atoms with Crippen LogP contribution in [0.2, 0.25) is 0 Å². The van der Waals surface area contributed by atoms with Crippen molar-refractivity contribution in [2.45, 2.75) is 26.2 Å². The van der Waals surface area contributed by atoms with E-state index in [1.54, 1.807) is 19.1 Å². The third-order valence-corrected chi connectivity index (χ3v) is 4.18. The topological polar surface area (TPSA) is 90.0 Å². The van der Waals surface area contributed by atoms with E-state index >= 15 is 0 Å². The number of H-pyrrole nitrogens is 1. The van der Waals surface area contributed by atoms with Crippen molar-refractivity contribution < 1.29 is 9.90 Å². The molecule has 136 valence electrons. The number of phenols is 1. The van der Waals surface area contributed by atoms with Crippen molar-refractivity contribution in [2.24, 2.45) is 0 Å². The van der Waals surface area contributed by atoms with E-state index in [1.165, 1.54) is 0 Å². The molecule has 0 aliphatic rings. The second-order valence-corrected chi connectivity index (χ2v) is 6.33. The fourth-order valence-corrected chi connectivity index (χ4v) is 2.80. The van der Waals surface area contributed by atoms with Crippen LogP contribution in [-0.2, 0) is 4.79 Å². The number of rotatable bonds is 8. The Kier molecular flexibility index (Phi) is 5.73. The van der Waals surface area contributed by atoms with Crippen LogP contribution < -0.4 is 10.6 Å². The predicted molar refractivity (Wildman–Crippen MR) is 104 cm³/mol. The van der Waals surface area contributed by atoms with Crippen molar-refractivity contribution >= 4 is 22.6 Å². The molecule has 6 heteroatoms. The number of imidazole rings is 1. The van der Waals surface area contributed by atoms with Gasteiger partial charge in [0.1, 0.15) is 11.6 Å². The minimum atomic E-state index is 0.0302. The highest BCUT2D eigenvalue weighted by Gasteiger charge is 2.06. The van der Waals surface area contributed by atoms with Gasteiger partial charge in [-0.05, 0) is 61.7 Å². The first kappa shape index (κ1) is 17.8. The van der Waals surface area contributed by atoms with Gasteiger partial charge in [-0.3, -0.25) is 4.79 Å². The lowest BCUT2D eigenvalue weighted by molar-refractivity contribution is -0.118. The maximum Gasteiger partial charge on any atom is 0.216 e. The normalized spacial score (nSPS) is 10.8. The number of nitrogens with one attached hydrogen (secondary N) is 3. The molecule has 0 aliphatic carbocycles. The maximum atomic E-state index is 10.8. The largest absolute Gasteiger partial charge is 0.508 e. The summed E-state index contributed by atoms with van der Waals surface area (Å²) in [6.07, 6.45) is 3.13. The number of phenolic OH excluding ortho intramolecular Hbond substituents is 1. The Morgan fingerprint density at radius 3 is 2.62 bits per heavy atom. The first-order valence-corrected chi connectivity index (χ1v) is 8.89. The number of carbonyl (C=O) groups is 1. The van der Waals surface area contributed by atoms with E-state index < -0.39 is 0 Å². The van der Waals surface area contributed by atoms with Crippen LogP contribution in [0.25, 0.3) is 22.4 Å². The molecule has 0 saturated carbocycles. The molecule has 6 nitrogen and oxygen atoms in total. The summed E-state index contributed by atoms with van der Waals surface area (Å²) < 4.78 is 0. The lowest BCUT2D eigenvalue weighted by atomic mass is 10.2. The van der Waals surface area contributed by atoms with E-state index in [1.807, 2.05) is 24.3 Å². The lowest BCUT2D eigenvalue weighted by Crippen LogP contribution is -2.20. The van der Waals surface area contributed by atoms with Crippen LogP contribution in [0.15, 0.2) is 42.5 Å². The molecule has 2 aromatic carbocycles. The first-order valence-electron chi connectivity index (χ1n) is 8.89. The van der Waals surface area contributed by atoms with Gasteiger partial charge in [-0.1, -0.05) is 0 Å². The Bertz CT molecular complexity index is 871. The summed E-state index contributed by atoms with van der Waals surface area (Å²) in [5.74, 6) is 1.06. The Hall–Kier alpha value is -3.02. The van der Waals surface area contributed by atoms with Gasteiger partial charge in [-0.25, -0.2) is 4.98 Å². The quantitative estimate of drug-likeness (QED) is 0.466. The van der Waals surface area contributed by atoms with Gasteiger partial charge in [0.05, 0.1) is 11.0 Å². The van der Waals surface area contributed by atoms with Gasteiger partial charge in [0.15, 0.2) is 0 Å². The minimum absolute atomic E-state index is 0.0302. The molecule has 3 aromatic rings. The van der Waals surface area contributed by atoms with Crippen LogP contribution in [0, 0.1) is 0 Å². The van der Waals surface area contributed by atoms with Gasteiger partial charge >= 0.3 is 0 Å². The van der Waals surface area contributed by atoms with Crippen molar-refractivity contribution in [1.29, 1.82) is 0 Å². The summed E-state index contributed by atoms with van der Waals surface area (Å²) in [7, 11) is 0. The Labute approximate surface area is 152 Å². The Balaban J connectivity index is 1.54. The molecule has 1 amide bonds. The van der Waals surface area contributed by atoms with Crippen LogP contribution in [0.4, 0.5) is 5.69 Å². The molecule has 0 atom stereocenters. The third kappa shape index (κ3) is 4.75. The zero-order chi connectivity index (χ0) is 18.4. The summed E-state index contributed by atoms with van der Waals surface area (Å²) in [6, 6.07) is 13.1. The number of aromatic hydroxyl groups is 1.